The molecule has 4 aromatic carbocycles. The lowest BCUT2D eigenvalue weighted by Gasteiger charge is -2.34. The van der Waals surface area contributed by atoms with Crippen molar-refractivity contribution in [2.75, 3.05) is 0 Å². The van der Waals surface area contributed by atoms with Crippen molar-refractivity contribution < 1.29 is 10.2 Å². The van der Waals surface area contributed by atoms with Gasteiger partial charge in [-0.2, -0.15) is 0 Å². The zero-order chi connectivity index (χ0) is 20.2. The maximum absolute atomic E-state index is 10.2. The molecule has 0 aliphatic heterocycles. The lowest BCUT2D eigenvalue weighted by atomic mass is 9.68. The molecule has 0 bridgehead atoms. The summed E-state index contributed by atoms with van der Waals surface area (Å²) in [5, 5.41) is 20.3. The van der Waals surface area contributed by atoms with E-state index in [9.17, 15) is 10.2 Å². The van der Waals surface area contributed by atoms with Gasteiger partial charge in [-0.05, 0) is 103 Å². The summed E-state index contributed by atoms with van der Waals surface area (Å²) in [7, 11) is 0. The first kappa shape index (κ1) is 18.9. The summed E-state index contributed by atoms with van der Waals surface area (Å²) >= 11 is 4.36. The first-order valence-corrected chi connectivity index (χ1v) is 11.4. The van der Waals surface area contributed by atoms with Crippen molar-refractivity contribution in [1.82, 2.24) is 0 Å². The standard InChI is InChI=1S/C25H16I2O2/c26-21-13-15(9-11-23(21)28)25(16-10-12-24(29)22(27)14-16)19-7-3-1-5-17(19)18-6-2-4-8-20(18)25/h1-14,28-29H. The summed E-state index contributed by atoms with van der Waals surface area (Å²) < 4.78 is 1.63. The number of phenols is 2. The summed E-state index contributed by atoms with van der Waals surface area (Å²) in [6.07, 6.45) is 0. The first-order valence-electron chi connectivity index (χ1n) is 9.21. The quantitative estimate of drug-likeness (QED) is 0.222. The number of hydrogen-bond donors (Lipinski definition) is 2. The van der Waals surface area contributed by atoms with Gasteiger partial charge in [0.15, 0.2) is 0 Å². The predicted molar refractivity (Wildman–Crippen MR) is 133 cm³/mol. The van der Waals surface area contributed by atoms with E-state index in [0.29, 0.717) is 0 Å². The van der Waals surface area contributed by atoms with Crippen molar-refractivity contribution in [2.24, 2.45) is 0 Å². The van der Waals surface area contributed by atoms with Crippen LogP contribution in [0.1, 0.15) is 22.3 Å². The molecule has 0 aromatic heterocycles. The number of halogens is 2. The van der Waals surface area contributed by atoms with Crippen molar-refractivity contribution >= 4 is 45.2 Å². The molecule has 0 atom stereocenters. The Bertz CT molecular complexity index is 1160. The van der Waals surface area contributed by atoms with Gasteiger partial charge >= 0.3 is 0 Å². The third-order valence-electron chi connectivity index (χ3n) is 5.71. The maximum Gasteiger partial charge on any atom is 0.128 e. The number of rotatable bonds is 2. The average Bonchev–Trinajstić information content (AvgIpc) is 3.04. The van der Waals surface area contributed by atoms with Crippen LogP contribution in [0.3, 0.4) is 0 Å². The monoisotopic (exact) mass is 602 g/mol. The third-order valence-corrected chi connectivity index (χ3v) is 7.44. The Hall–Kier alpha value is -2.06. The Labute approximate surface area is 196 Å². The predicted octanol–water partition coefficient (Wildman–Crippen LogP) is 6.67. The minimum atomic E-state index is -0.519. The molecule has 0 unspecified atom stereocenters. The lowest BCUT2D eigenvalue weighted by molar-refractivity contribution is 0.471. The fourth-order valence-electron chi connectivity index (χ4n) is 4.50. The van der Waals surface area contributed by atoms with Crippen LogP contribution in [-0.4, -0.2) is 10.2 Å². The Morgan fingerprint density at radius 2 is 0.966 bits per heavy atom. The van der Waals surface area contributed by atoms with Crippen LogP contribution in [-0.2, 0) is 5.41 Å². The van der Waals surface area contributed by atoms with Crippen molar-refractivity contribution in [3.05, 3.63) is 114 Å². The van der Waals surface area contributed by atoms with Crippen LogP contribution in [0.2, 0.25) is 0 Å². The molecule has 0 spiro atoms. The topological polar surface area (TPSA) is 40.5 Å². The molecule has 0 saturated carbocycles. The van der Waals surface area contributed by atoms with Gasteiger partial charge in [-0.3, -0.25) is 0 Å². The fraction of sp³-hybridized carbons (Fsp3) is 0.0400. The second-order valence-electron chi connectivity index (χ2n) is 7.17. The summed E-state index contributed by atoms with van der Waals surface area (Å²) in [5.41, 5.74) is 6.53. The van der Waals surface area contributed by atoms with Gasteiger partial charge in [-0.1, -0.05) is 60.7 Å². The van der Waals surface area contributed by atoms with Gasteiger partial charge in [0.25, 0.3) is 0 Å². The van der Waals surface area contributed by atoms with Gasteiger partial charge in [0.05, 0.1) is 12.6 Å². The Balaban J connectivity index is 1.97. The van der Waals surface area contributed by atoms with Gasteiger partial charge in [-0.25, -0.2) is 0 Å². The van der Waals surface area contributed by atoms with Gasteiger partial charge in [0, 0.05) is 0 Å². The molecule has 0 amide bonds. The molecule has 4 aromatic rings. The smallest absolute Gasteiger partial charge is 0.128 e. The van der Waals surface area contributed by atoms with E-state index in [1.807, 2.05) is 12.1 Å². The minimum absolute atomic E-state index is 0.282. The highest BCUT2D eigenvalue weighted by molar-refractivity contribution is 14.1. The fourth-order valence-corrected chi connectivity index (χ4v) is 5.53. The number of phenolic OH excluding ortho intramolecular Hbond substituents is 2. The number of fused-ring (bicyclic) bond motifs is 3. The van der Waals surface area contributed by atoms with E-state index in [1.165, 1.54) is 22.3 Å². The Kier molecular flexibility index (Phi) is 4.58. The molecule has 29 heavy (non-hydrogen) atoms. The van der Waals surface area contributed by atoms with Crippen LogP contribution in [0.4, 0.5) is 0 Å². The van der Waals surface area contributed by atoms with E-state index in [0.717, 1.165) is 18.3 Å². The molecule has 0 fully saturated rings. The molecule has 2 nitrogen and oxygen atoms in total. The number of benzene rings is 4. The van der Waals surface area contributed by atoms with E-state index in [2.05, 4.69) is 106 Å². The third kappa shape index (κ3) is 2.72. The van der Waals surface area contributed by atoms with Gasteiger partial charge in [-0.15, -0.1) is 0 Å². The molecule has 1 aliphatic rings. The number of hydrogen-bond acceptors (Lipinski definition) is 2. The van der Waals surface area contributed by atoms with Crippen LogP contribution >= 0.6 is 45.2 Å². The highest BCUT2D eigenvalue weighted by atomic mass is 127. The van der Waals surface area contributed by atoms with Crippen LogP contribution < -0.4 is 0 Å². The molecule has 142 valence electrons. The Morgan fingerprint density at radius 1 is 0.552 bits per heavy atom. The van der Waals surface area contributed by atoms with Crippen molar-refractivity contribution in [3.63, 3.8) is 0 Å². The summed E-state index contributed by atoms with van der Waals surface area (Å²) in [6.45, 7) is 0. The molecule has 1 aliphatic carbocycles. The van der Waals surface area contributed by atoms with Crippen LogP contribution in [0, 0.1) is 7.14 Å². The van der Waals surface area contributed by atoms with E-state index in [1.54, 1.807) is 12.1 Å². The highest BCUT2D eigenvalue weighted by Crippen LogP contribution is 2.56. The largest absolute Gasteiger partial charge is 0.507 e. The molecule has 0 saturated heterocycles. The molecule has 0 heterocycles. The SMILES string of the molecule is Oc1ccc(C2(c3ccc(O)c(I)c3)c3ccccc3-c3ccccc32)cc1I. The highest BCUT2D eigenvalue weighted by Gasteiger charge is 2.46. The average molecular weight is 602 g/mol. The van der Waals surface area contributed by atoms with Crippen molar-refractivity contribution in [1.29, 1.82) is 0 Å². The van der Waals surface area contributed by atoms with E-state index in [-0.39, 0.29) is 11.5 Å². The molecule has 4 heteroatoms. The van der Waals surface area contributed by atoms with Crippen molar-refractivity contribution in [3.8, 4) is 22.6 Å². The van der Waals surface area contributed by atoms with Crippen LogP contribution in [0.25, 0.3) is 11.1 Å². The van der Waals surface area contributed by atoms with Gasteiger partial charge in [0.1, 0.15) is 11.5 Å². The molecular weight excluding hydrogens is 586 g/mol. The van der Waals surface area contributed by atoms with E-state index >= 15 is 0 Å². The minimum Gasteiger partial charge on any atom is -0.507 e. The normalized spacial score (nSPS) is 13.7. The van der Waals surface area contributed by atoms with Crippen LogP contribution in [0.15, 0.2) is 84.9 Å². The van der Waals surface area contributed by atoms with Crippen molar-refractivity contribution in [2.45, 2.75) is 5.41 Å². The van der Waals surface area contributed by atoms with E-state index in [4.69, 9.17) is 0 Å². The zero-order valence-electron chi connectivity index (χ0n) is 15.2. The summed E-state index contributed by atoms with van der Waals surface area (Å²) in [6, 6.07) is 28.7. The summed E-state index contributed by atoms with van der Waals surface area (Å²) in [4.78, 5) is 0. The molecule has 0 radical (unpaired) electrons. The first-order chi connectivity index (χ1) is 14.0. The number of aromatic hydroxyl groups is 2. The molecule has 5 rings (SSSR count). The van der Waals surface area contributed by atoms with Crippen LogP contribution in [0.5, 0.6) is 11.5 Å². The maximum atomic E-state index is 10.2. The Morgan fingerprint density at radius 3 is 1.38 bits per heavy atom. The second-order valence-corrected chi connectivity index (χ2v) is 9.50. The summed E-state index contributed by atoms with van der Waals surface area (Å²) in [5.74, 6) is 0.564. The molecular formula is C25H16I2O2. The second kappa shape index (κ2) is 7.02. The van der Waals surface area contributed by atoms with Gasteiger partial charge < -0.3 is 10.2 Å². The van der Waals surface area contributed by atoms with E-state index < -0.39 is 5.41 Å². The zero-order valence-corrected chi connectivity index (χ0v) is 19.5. The molecule has 2 N–H and O–H groups in total. The van der Waals surface area contributed by atoms with Gasteiger partial charge in [0.2, 0.25) is 0 Å². The lowest BCUT2D eigenvalue weighted by Crippen LogP contribution is -2.28.